The van der Waals surface area contributed by atoms with Crippen molar-refractivity contribution in [1.29, 1.82) is 0 Å². The number of likely N-dealkylation sites (N-methyl/N-ethyl adjacent to an activating group) is 1. The molecular formula is C18H31N5O5. The third-order valence-corrected chi connectivity index (χ3v) is 4.54. The Morgan fingerprint density at radius 3 is 2.43 bits per heavy atom. The van der Waals surface area contributed by atoms with Crippen molar-refractivity contribution in [3.8, 4) is 0 Å². The fourth-order valence-electron chi connectivity index (χ4n) is 3.00. The first-order valence-corrected chi connectivity index (χ1v) is 9.62. The smallest absolute Gasteiger partial charge is 0.243 e. The van der Waals surface area contributed by atoms with E-state index in [1.165, 1.54) is 18.9 Å². The minimum Gasteiger partial charge on any atom is -0.357 e. The van der Waals surface area contributed by atoms with E-state index in [2.05, 4.69) is 21.3 Å². The summed E-state index contributed by atoms with van der Waals surface area (Å²) in [6.07, 6.45) is 3.40. The number of nitrogens with one attached hydrogen (secondary N) is 4. The maximum Gasteiger partial charge on any atom is 0.243 e. The van der Waals surface area contributed by atoms with Crippen molar-refractivity contribution in [2.45, 2.75) is 58.0 Å². The van der Waals surface area contributed by atoms with Crippen molar-refractivity contribution in [2.24, 2.45) is 0 Å². The molecule has 5 amide bonds. The molecule has 0 aliphatic carbocycles. The monoisotopic (exact) mass is 397 g/mol. The summed E-state index contributed by atoms with van der Waals surface area (Å²) in [7, 11) is 1.52. The van der Waals surface area contributed by atoms with E-state index in [4.69, 9.17) is 0 Å². The van der Waals surface area contributed by atoms with Crippen LogP contribution in [0.3, 0.4) is 0 Å². The van der Waals surface area contributed by atoms with Crippen LogP contribution in [0, 0.1) is 0 Å². The molecule has 158 valence electrons. The van der Waals surface area contributed by atoms with Gasteiger partial charge in [-0.25, -0.2) is 0 Å². The molecule has 1 saturated heterocycles. The Hall–Kier alpha value is -2.65. The number of hydrogen-bond donors (Lipinski definition) is 4. The van der Waals surface area contributed by atoms with Gasteiger partial charge in [-0.15, -0.1) is 0 Å². The zero-order valence-corrected chi connectivity index (χ0v) is 16.8. The van der Waals surface area contributed by atoms with Crippen LogP contribution in [0.4, 0.5) is 0 Å². The third-order valence-electron chi connectivity index (χ3n) is 4.54. The Morgan fingerprint density at radius 2 is 1.82 bits per heavy atom. The molecule has 2 atom stereocenters. The number of likely N-dealkylation sites (tertiary alicyclic amines) is 1. The molecule has 2 unspecified atom stereocenters. The van der Waals surface area contributed by atoms with Crippen molar-refractivity contribution in [1.82, 2.24) is 26.2 Å². The molecule has 0 aromatic carbocycles. The first kappa shape index (κ1) is 23.4. The highest BCUT2D eigenvalue weighted by Gasteiger charge is 2.35. The number of carbonyl (C=O) groups excluding carboxylic acids is 5. The van der Waals surface area contributed by atoms with Crippen LogP contribution in [-0.4, -0.2) is 73.2 Å². The molecule has 0 aromatic rings. The summed E-state index contributed by atoms with van der Waals surface area (Å²) in [6, 6.07) is -1.29. The highest BCUT2D eigenvalue weighted by Crippen LogP contribution is 2.18. The van der Waals surface area contributed by atoms with Crippen LogP contribution in [0.2, 0.25) is 0 Å². The minimum absolute atomic E-state index is 0.211. The maximum atomic E-state index is 12.6. The van der Waals surface area contributed by atoms with Gasteiger partial charge in [-0.05, 0) is 19.3 Å². The fourth-order valence-corrected chi connectivity index (χ4v) is 3.00. The number of nitrogens with zero attached hydrogens (tertiary/aromatic N) is 1. The van der Waals surface area contributed by atoms with Gasteiger partial charge in [0.2, 0.25) is 29.5 Å². The third kappa shape index (κ3) is 7.53. The SMILES string of the molecule is CCCCC(NC(=O)C1CCCN1C(=O)CNC(=O)CNC(C)=O)C(=O)NC. The van der Waals surface area contributed by atoms with Gasteiger partial charge >= 0.3 is 0 Å². The van der Waals surface area contributed by atoms with E-state index < -0.39 is 18.0 Å². The second-order valence-electron chi connectivity index (χ2n) is 6.75. The first-order valence-electron chi connectivity index (χ1n) is 9.62. The molecule has 4 N–H and O–H groups in total. The van der Waals surface area contributed by atoms with Crippen molar-refractivity contribution in [3.63, 3.8) is 0 Å². The minimum atomic E-state index is -0.659. The van der Waals surface area contributed by atoms with Gasteiger partial charge < -0.3 is 26.2 Å². The van der Waals surface area contributed by atoms with Crippen LogP contribution in [0.5, 0.6) is 0 Å². The van der Waals surface area contributed by atoms with E-state index in [9.17, 15) is 24.0 Å². The lowest BCUT2D eigenvalue weighted by Crippen LogP contribution is -2.54. The highest BCUT2D eigenvalue weighted by molar-refractivity contribution is 5.93. The van der Waals surface area contributed by atoms with Gasteiger partial charge in [0.1, 0.15) is 12.1 Å². The Morgan fingerprint density at radius 1 is 1.11 bits per heavy atom. The first-order chi connectivity index (χ1) is 13.3. The van der Waals surface area contributed by atoms with Crippen LogP contribution < -0.4 is 21.3 Å². The van der Waals surface area contributed by atoms with Gasteiger partial charge in [0.25, 0.3) is 0 Å². The van der Waals surface area contributed by atoms with Crippen molar-refractivity contribution in [3.05, 3.63) is 0 Å². The summed E-state index contributed by atoms with van der Waals surface area (Å²) < 4.78 is 0. The standard InChI is InChI=1S/C18H31N5O5/c1-4-5-7-13(17(27)19-3)22-18(28)14-8-6-9-23(14)16(26)11-21-15(25)10-20-12(2)24/h13-14H,4-11H2,1-3H3,(H,19,27)(H,20,24)(H,21,25)(H,22,28). The molecule has 0 aromatic heterocycles. The molecule has 1 heterocycles. The fraction of sp³-hybridized carbons (Fsp3) is 0.722. The molecule has 1 rings (SSSR count). The van der Waals surface area contributed by atoms with E-state index in [0.717, 1.165) is 12.8 Å². The summed E-state index contributed by atoms with van der Waals surface area (Å²) in [5.41, 5.74) is 0. The lowest BCUT2D eigenvalue weighted by Gasteiger charge is -2.26. The zero-order valence-electron chi connectivity index (χ0n) is 16.8. The van der Waals surface area contributed by atoms with Gasteiger partial charge in [0.15, 0.2) is 0 Å². The summed E-state index contributed by atoms with van der Waals surface area (Å²) in [6.45, 7) is 3.24. The lowest BCUT2D eigenvalue weighted by atomic mass is 10.1. The maximum absolute atomic E-state index is 12.6. The molecular weight excluding hydrogens is 366 g/mol. The number of carbonyl (C=O) groups is 5. The molecule has 0 bridgehead atoms. The average Bonchev–Trinajstić information content (AvgIpc) is 3.16. The molecule has 1 aliphatic rings. The van der Waals surface area contributed by atoms with Gasteiger partial charge in [-0.1, -0.05) is 19.8 Å². The Kier molecular flexibility index (Phi) is 9.97. The number of unbranched alkanes of at least 4 members (excludes halogenated alkanes) is 1. The Labute approximate surface area is 165 Å². The summed E-state index contributed by atoms with van der Waals surface area (Å²) in [5, 5.41) is 10.1. The summed E-state index contributed by atoms with van der Waals surface area (Å²) in [5.74, 6) is -1.82. The molecule has 1 aliphatic heterocycles. The van der Waals surface area contributed by atoms with E-state index in [-0.39, 0.29) is 36.7 Å². The predicted molar refractivity (Wildman–Crippen MR) is 102 cm³/mol. The van der Waals surface area contributed by atoms with Gasteiger partial charge in [-0.2, -0.15) is 0 Å². The second-order valence-corrected chi connectivity index (χ2v) is 6.75. The largest absolute Gasteiger partial charge is 0.357 e. The molecule has 0 saturated carbocycles. The van der Waals surface area contributed by atoms with E-state index in [0.29, 0.717) is 25.8 Å². The van der Waals surface area contributed by atoms with Crippen molar-refractivity contribution in [2.75, 3.05) is 26.7 Å². The second kappa shape index (κ2) is 11.9. The number of amides is 5. The van der Waals surface area contributed by atoms with Gasteiger partial charge in [0, 0.05) is 20.5 Å². The molecule has 10 nitrogen and oxygen atoms in total. The van der Waals surface area contributed by atoms with E-state index >= 15 is 0 Å². The van der Waals surface area contributed by atoms with Crippen LogP contribution >= 0.6 is 0 Å². The zero-order chi connectivity index (χ0) is 21.1. The molecule has 1 fully saturated rings. The summed E-state index contributed by atoms with van der Waals surface area (Å²) in [4.78, 5) is 60.9. The van der Waals surface area contributed by atoms with Crippen LogP contribution in [0.25, 0.3) is 0 Å². The highest BCUT2D eigenvalue weighted by atomic mass is 16.2. The van der Waals surface area contributed by atoms with Gasteiger partial charge in [0.05, 0.1) is 13.1 Å². The Bertz CT molecular complexity index is 595. The van der Waals surface area contributed by atoms with Gasteiger partial charge in [-0.3, -0.25) is 24.0 Å². The molecule has 0 radical (unpaired) electrons. The van der Waals surface area contributed by atoms with Crippen molar-refractivity contribution < 1.29 is 24.0 Å². The normalized spacial score (nSPS) is 16.8. The van der Waals surface area contributed by atoms with Crippen LogP contribution in [-0.2, 0) is 24.0 Å². The predicted octanol–water partition coefficient (Wildman–Crippen LogP) is -1.35. The molecule has 0 spiro atoms. The molecule has 10 heteroatoms. The topological polar surface area (TPSA) is 137 Å². The Balaban J connectivity index is 2.60. The van der Waals surface area contributed by atoms with Crippen LogP contribution in [0.15, 0.2) is 0 Å². The molecule has 28 heavy (non-hydrogen) atoms. The van der Waals surface area contributed by atoms with E-state index in [1.807, 2.05) is 6.92 Å². The number of rotatable bonds is 10. The summed E-state index contributed by atoms with van der Waals surface area (Å²) >= 11 is 0. The quantitative estimate of drug-likeness (QED) is 0.361. The van der Waals surface area contributed by atoms with Crippen molar-refractivity contribution >= 4 is 29.5 Å². The van der Waals surface area contributed by atoms with E-state index in [1.54, 1.807) is 0 Å². The lowest BCUT2D eigenvalue weighted by molar-refractivity contribution is -0.139. The van der Waals surface area contributed by atoms with Crippen LogP contribution in [0.1, 0.15) is 46.0 Å². The average molecular weight is 397 g/mol. The number of hydrogen-bond acceptors (Lipinski definition) is 5.